The largest absolute Gasteiger partial charge is 0.411 e. The van der Waals surface area contributed by atoms with Crippen LogP contribution in [-0.4, -0.2) is 20.2 Å². The summed E-state index contributed by atoms with van der Waals surface area (Å²) >= 11 is 0. The van der Waals surface area contributed by atoms with Crippen molar-refractivity contribution in [1.82, 2.24) is 0 Å². The Balaban J connectivity index is 1.55. The lowest BCUT2D eigenvalue weighted by Crippen LogP contribution is -2.52. The van der Waals surface area contributed by atoms with Gasteiger partial charge in [-0.2, -0.15) is 0 Å². The van der Waals surface area contributed by atoms with E-state index in [4.69, 9.17) is 4.43 Å². The summed E-state index contributed by atoms with van der Waals surface area (Å²) in [6.45, 7) is 18.7. The van der Waals surface area contributed by atoms with Crippen molar-refractivity contribution in [2.24, 2.45) is 34.5 Å². The normalized spacial score (nSPS) is 44.0. The standard InChI is InChI=1S/C27H46O2Si/c1-18(28)22-11-12-23-21-10-9-19-17-20(29-30(7,8)25(2,3)4)13-15-26(19,5)24(21)14-16-27(22,23)6/h17,20-24H,9-16H2,1-8H3/t20-,21+,22-,23+,24+,26+,27-/m1/s1. The van der Waals surface area contributed by atoms with Gasteiger partial charge in [-0.1, -0.05) is 46.3 Å². The average molecular weight is 431 g/mol. The highest BCUT2D eigenvalue weighted by Crippen LogP contribution is 2.66. The van der Waals surface area contributed by atoms with Gasteiger partial charge in [-0.3, -0.25) is 4.79 Å². The molecule has 4 rings (SSSR count). The molecule has 3 fully saturated rings. The summed E-state index contributed by atoms with van der Waals surface area (Å²) in [5, 5.41) is 0.271. The highest BCUT2D eigenvalue weighted by atomic mass is 28.4. The Bertz CT molecular complexity index is 732. The Morgan fingerprint density at radius 2 is 1.73 bits per heavy atom. The second-order valence-corrected chi connectivity index (χ2v) is 18.0. The molecule has 0 amide bonds. The Labute approximate surface area is 186 Å². The lowest BCUT2D eigenvalue weighted by atomic mass is 9.46. The van der Waals surface area contributed by atoms with E-state index in [1.54, 1.807) is 5.57 Å². The molecule has 0 heterocycles. The summed E-state index contributed by atoms with van der Waals surface area (Å²) in [5.41, 5.74) is 2.35. The maximum atomic E-state index is 12.4. The van der Waals surface area contributed by atoms with Crippen molar-refractivity contribution in [2.45, 2.75) is 117 Å². The summed E-state index contributed by atoms with van der Waals surface area (Å²) in [4.78, 5) is 12.4. The van der Waals surface area contributed by atoms with Crippen molar-refractivity contribution in [3.8, 4) is 0 Å². The van der Waals surface area contributed by atoms with Crippen LogP contribution in [0.5, 0.6) is 0 Å². The molecule has 0 radical (unpaired) electrons. The van der Waals surface area contributed by atoms with E-state index in [-0.39, 0.29) is 10.5 Å². The number of rotatable bonds is 3. The molecular weight excluding hydrogens is 384 g/mol. The number of allylic oxidation sites excluding steroid dienone is 1. The van der Waals surface area contributed by atoms with Crippen LogP contribution in [0, 0.1) is 34.5 Å². The summed E-state index contributed by atoms with van der Waals surface area (Å²) in [6.07, 6.45) is 13.0. The van der Waals surface area contributed by atoms with Crippen LogP contribution >= 0.6 is 0 Å². The first-order valence-electron chi connectivity index (χ1n) is 12.7. The number of hydrogen-bond donors (Lipinski definition) is 0. The minimum absolute atomic E-state index is 0.271. The van der Waals surface area contributed by atoms with Gasteiger partial charge in [-0.15, -0.1) is 0 Å². The van der Waals surface area contributed by atoms with E-state index in [1.807, 2.05) is 6.92 Å². The number of Topliss-reactive ketones (excluding diaryl/α,β-unsaturated/α-hetero) is 1. The summed E-state index contributed by atoms with van der Waals surface area (Å²) < 4.78 is 6.82. The molecule has 4 aliphatic rings. The summed E-state index contributed by atoms with van der Waals surface area (Å²) in [6, 6.07) is 0. The predicted molar refractivity (Wildman–Crippen MR) is 128 cm³/mol. The van der Waals surface area contributed by atoms with Crippen molar-refractivity contribution in [3.05, 3.63) is 11.6 Å². The lowest BCUT2D eigenvalue weighted by Gasteiger charge is -2.58. The molecule has 0 aliphatic heterocycles. The van der Waals surface area contributed by atoms with Crippen LogP contribution in [0.15, 0.2) is 11.6 Å². The second-order valence-electron chi connectivity index (χ2n) is 13.3. The SMILES string of the molecule is CC(=O)[C@H]1CC[C@H]2[C@@H]3CCC4=C[C@H](O[Si](C)(C)C(C)(C)C)CC[C@]4(C)[C@H]3CC[C@]12C. The lowest BCUT2D eigenvalue weighted by molar-refractivity contribution is -0.127. The van der Waals surface area contributed by atoms with E-state index < -0.39 is 8.32 Å². The smallest absolute Gasteiger partial charge is 0.192 e. The van der Waals surface area contributed by atoms with Crippen molar-refractivity contribution in [2.75, 3.05) is 0 Å². The second kappa shape index (κ2) is 7.30. The van der Waals surface area contributed by atoms with Gasteiger partial charge in [-0.05, 0) is 105 Å². The number of ketones is 1. The molecule has 0 bridgehead atoms. The Kier molecular flexibility index (Phi) is 5.54. The van der Waals surface area contributed by atoms with Crippen LogP contribution in [0.1, 0.15) is 92.9 Å². The van der Waals surface area contributed by atoms with E-state index in [1.165, 1.54) is 44.9 Å². The average Bonchev–Trinajstić information content (AvgIpc) is 2.98. The fourth-order valence-electron chi connectivity index (χ4n) is 8.01. The van der Waals surface area contributed by atoms with Gasteiger partial charge in [0.25, 0.3) is 0 Å². The molecule has 0 aromatic rings. The molecule has 170 valence electrons. The van der Waals surface area contributed by atoms with E-state index in [9.17, 15) is 4.79 Å². The molecule has 0 unspecified atom stereocenters. The van der Waals surface area contributed by atoms with Gasteiger partial charge >= 0.3 is 0 Å². The van der Waals surface area contributed by atoms with E-state index in [0.29, 0.717) is 23.2 Å². The molecule has 0 saturated heterocycles. The number of carbonyl (C=O) groups is 1. The quantitative estimate of drug-likeness (QED) is 0.341. The molecule has 30 heavy (non-hydrogen) atoms. The van der Waals surface area contributed by atoms with Gasteiger partial charge < -0.3 is 4.43 Å². The van der Waals surface area contributed by atoms with Crippen LogP contribution in [0.4, 0.5) is 0 Å². The van der Waals surface area contributed by atoms with Gasteiger partial charge in [0, 0.05) is 5.92 Å². The molecule has 0 N–H and O–H groups in total. The van der Waals surface area contributed by atoms with Crippen LogP contribution in [0.3, 0.4) is 0 Å². The van der Waals surface area contributed by atoms with Crippen molar-refractivity contribution >= 4 is 14.1 Å². The Morgan fingerprint density at radius 1 is 1.03 bits per heavy atom. The van der Waals surface area contributed by atoms with E-state index in [0.717, 1.165) is 24.2 Å². The Morgan fingerprint density at radius 3 is 2.37 bits per heavy atom. The molecular formula is C27H46O2Si. The Hall–Kier alpha value is -0.413. The van der Waals surface area contributed by atoms with Gasteiger partial charge in [0.1, 0.15) is 5.78 Å². The molecule has 2 nitrogen and oxygen atoms in total. The van der Waals surface area contributed by atoms with Crippen molar-refractivity contribution in [1.29, 1.82) is 0 Å². The van der Waals surface area contributed by atoms with Crippen LogP contribution in [0.2, 0.25) is 18.1 Å². The van der Waals surface area contributed by atoms with Gasteiger partial charge in [0.15, 0.2) is 8.32 Å². The summed E-state index contributed by atoms with van der Waals surface area (Å²) in [7, 11) is -1.73. The molecule has 7 atom stereocenters. The molecule has 3 heteroatoms. The summed E-state index contributed by atoms with van der Waals surface area (Å²) in [5.74, 6) is 3.18. The highest BCUT2D eigenvalue weighted by Gasteiger charge is 2.59. The first kappa shape index (κ1) is 22.8. The van der Waals surface area contributed by atoms with Crippen LogP contribution in [-0.2, 0) is 9.22 Å². The molecule has 0 spiro atoms. The van der Waals surface area contributed by atoms with E-state index >= 15 is 0 Å². The van der Waals surface area contributed by atoms with Crippen molar-refractivity contribution < 1.29 is 9.22 Å². The van der Waals surface area contributed by atoms with Gasteiger partial charge in [-0.25, -0.2) is 0 Å². The fourth-order valence-corrected chi connectivity index (χ4v) is 9.31. The van der Waals surface area contributed by atoms with Gasteiger partial charge in [0.05, 0.1) is 6.10 Å². The topological polar surface area (TPSA) is 26.3 Å². The van der Waals surface area contributed by atoms with Crippen LogP contribution < -0.4 is 0 Å². The third-order valence-corrected chi connectivity index (χ3v) is 15.3. The number of fused-ring (bicyclic) bond motifs is 5. The molecule has 4 aliphatic carbocycles. The van der Waals surface area contributed by atoms with Crippen LogP contribution in [0.25, 0.3) is 0 Å². The van der Waals surface area contributed by atoms with Gasteiger partial charge in [0.2, 0.25) is 0 Å². The number of hydrogen-bond acceptors (Lipinski definition) is 2. The van der Waals surface area contributed by atoms with Crippen molar-refractivity contribution in [3.63, 3.8) is 0 Å². The number of carbonyl (C=O) groups excluding carboxylic acids is 1. The highest BCUT2D eigenvalue weighted by molar-refractivity contribution is 6.74. The maximum absolute atomic E-state index is 12.4. The first-order chi connectivity index (χ1) is 13.8. The first-order valence-corrected chi connectivity index (χ1v) is 15.6. The monoisotopic (exact) mass is 430 g/mol. The zero-order chi connectivity index (χ0) is 22.1. The minimum atomic E-state index is -1.73. The molecule has 0 aromatic heterocycles. The molecule has 3 saturated carbocycles. The predicted octanol–water partition coefficient (Wildman–Crippen LogP) is 7.54. The third kappa shape index (κ3) is 3.41. The fraction of sp³-hybridized carbons (Fsp3) is 0.889. The minimum Gasteiger partial charge on any atom is -0.411 e. The third-order valence-electron chi connectivity index (χ3n) is 10.8. The molecule has 0 aromatic carbocycles. The zero-order valence-corrected chi connectivity index (χ0v) is 21.9. The van der Waals surface area contributed by atoms with E-state index in [2.05, 4.69) is 53.8 Å². The zero-order valence-electron chi connectivity index (χ0n) is 20.9. The maximum Gasteiger partial charge on any atom is 0.192 e.